The Morgan fingerprint density at radius 1 is 1.55 bits per heavy atom. The molecule has 0 spiro atoms. The highest BCUT2D eigenvalue weighted by atomic mass is 79.9. The van der Waals surface area contributed by atoms with E-state index in [4.69, 9.17) is 0 Å². The third-order valence-electron chi connectivity index (χ3n) is 1.05. The van der Waals surface area contributed by atoms with E-state index >= 15 is 0 Å². The number of nitro groups is 1. The van der Waals surface area contributed by atoms with E-state index in [0.717, 1.165) is 4.47 Å². The van der Waals surface area contributed by atoms with Crippen molar-refractivity contribution in [3.8, 4) is 0 Å². The summed E-state index contributed by atoms with van der Waals surface area (Å²) in [6, 6.07) is 6.76. The van der Waals surface area contributed by atoms with E-state index in [0.29, 0.717) is 5.69 Å². The SMILES string of the molecule is O=[N+]([O-])Nc1cccc(Br)c1. The average molecular weight is 217 g/mol. The van der Waals surface area contributed by atoms with Crippen LogP contribution < -0.4 is 5.43 Å². The van der Waals surface area contributed by atoms with E-state index in [1.807, 2.05) is 5.43 Å². The molecule has 0 amide bonds. The van der Waals surface area contributed by atoms with Crippen molar-refractivity contribution in [3.63, 3.8) is 0 Å². The Hall–Kier alpha value is -1.10. The number of hydrogen-bond acceptors (Lipinski definition) is 2. The number of nitrogens with one attached hydrogen (secondary N) is 1. The van der Waals surface area contributed by atoms with E-state index in [1.54, 1.807) is 24.3 Å². The maximum absolute atomic E-state index is 9.96. The summed E-state index contributed by atoms with van der Waals surface area (Å²) in [5.74, 6) is 0. The summed E-state index contributed by atoms with van der Waals surface area (Å²) < 4.78 is 0.810. The third-order valence-corrected chi connectivity index (χ3v) is 1.54. The summed E-state index contributed by atoms with van der Waals surface area (Å²) in [6.07, 6.45) is 0. The van der Waals surface area contributed by atoms with Crippen LogP contribution in [0.3, 0.4) is 0 Å². The molecule has 0 fully saturated rings. The van der Waals surface area contributed by atoms with Crippen LogP contribution >= 0.6 is 15.9 Å². The fourth-order valence-corrected chi connectivity index (χ4v) is 1.06. The van der Waals surface area contributed by atoms with Crippen LogP contribution in [0.4, 0.5) is 5.69 Å². The highest BCUT2D eigenvalue weighted by Crippen LogP contribution is 2.14. The van der Waals surface area contributed by atoms with Gasteiger partial charge in [-0.15, -0.1) is 5.43 Å². The molecule has 0 aliphatic heterocycles. The number of anilines is 1. The van der Waals surface area contributed by atoms with Crippen LogP contribution in [0.5, 0.6) is 0 Å². The first kappa shape index (κ1) is 8.00. The summed E-state index contributed by atoms with van der Waals surface area (Å²) >= 11 is 3.19. The molecule has 0 aromatic heterocycles. The molecule has 1 aromatic carbocycles. The molecule has 5 heteroatoms. The highest BCUT2D eigenvalue weighted by Gasteiger charge is 1.97. The first-order valence-electron chi connectivity index (χ1n) is 2.85. The van der Waals surface area contributed by atoms with Crippen molar-refractivity contribution >= 4 is 21.6 Å². The second-order valence-electron chi connectivity index (χ2n) is 1.88. The molecule has 0 aliphatic carbocycles. The van der Waals surface area contributed by atoms with Crippen LogP contribution in [0.15, 0.2) is 28.7 Å². The predicted molar refractivity (Wildman–Crippen MR) is 44.8 cm³/mol. The summed E-state index contributed by atoms with van der Waals surface area (Å²) in [7, 11) is 0. The van der Waals surface area contributed by atoms with Crippen molar-refractivity contribution in [3.05, 3.63) is 38.9 Å². The van der Waals surface area contributed by atoms with Gasteiger partial charge < -0.3 is 0 Å². The first-order valence-corrected chi connectivity index (χ1v) is 3.64. The Bertz CT molecular complexity index is 277. The van der Waals surface area contributed by atoms with Gasteiger partial charge in [0.15, 0.2) is 5.03 Å². The number of nitrogens with zero attached hydrogens (tertiary/aromatic N) is 1. The summed E-state index contributed by atoms with van der Waals surface area (Å²) in [4.78, 5) is 9.96. The molecular weight excluding hydrogens is 212 g/mol. The molecular formula is C6H5BrN2O2. The van der Waals surface area contributed by atoms with Crippen molar-refractivity contribution in [2.24, 2.45) is 0 Å². The van der Waals surface area contributed by atoms with Gasteiger partial charge in [0.2, 0.25) is 0 Å². The molecule has 1 N–H and O–H groups in total. The minimum absolute atomic E-state index is 0.462. The summed E-state index contributed by atoms with van der Waals surface area (Å²) in [5, 5.41) is 9.36. The van der Waals surface area contributed by atoms with Crippen LogP contribution in [0.1, 0.15) is 0 Å². The lowest BCUT2D eigenvalue weighted by atomic mass is 10.3. The number of benzene rings is 1. The minimum atomic E-state index is -0.595. The highest BCUT2D eigenvalue weighted by molar-refractivity contribution is 9.10. The van der Waals surface area contributed by atoms with Gasteiger partial charge in [-0.3, -0.25) is 0 Å². The molecule has 0 atom stereocenters. The summed E-state index contributed by atoms with van der Waals surface area (Å²) in [6.45, 7) is 0. The maximum atomic E-state index is 9.96. The van der Waals surface area contributed by atoms with Gasteiger partial charge >= 0.3 is 0 Å². The molecule has 0 aliphatic rings. The minimum Gasteiger partial charge on any atom is -0.235 e. The van der Waals surface area contributed by atoms with Crippen LogP contribution in [-0.2, 0) is 0 Å². The van der Waals surface area contributed by atoms with E-state index < -0.39 is 5.03 Å². The van der Waals surface area contributed by atoms with Crippen molar-refractivity contribution in [1.29, 1.82) is 0 Å². The zero-order chi connectivity index (χ0) is 8.27. The van der Waals surface area contributed by atoms with Crippen molar-refractivity contribution in [2.45, 2.75) is 0 Å². The second kappa shape index (κ2) is 3.34. The predicted octanol–water partition coefficient (Wildman–Crippen LogP) is 2.05. The van der Waals surface area contributed by atoms with E-state index in [1.165, 1.54) is 0 Å². The molecule has 1 rings (SSSR count). The molecule has 11 heavy (non-hydrogen) atoms. The third kappa shape index (κ3) is 2.55. The summed E-state index contributed by atoms with van der Waals surface area (Å²) in [5.41, 5.74) is 2.50. The van der Waals surface area contributed by atoms with E-state index in [2.05, 4.69) is 15.9 Å². The molecule has 1 aromatic rings. The molecule has 0 heterocycles. The van der Waals surface area contributed by atoms with Crippen molar-refractivity contribution in [1.82, 2.24) is 0 Å². The Balaban J connectivity index is 2.79. The number of hydrazine groups is 1. The fourth-order valence-electron chi connectivity index (χ4n) is 0.663. The topological polar surface area (TPSA) is 55.2 Å². The molecule has 0 saturated carbocycles. The Kier molecular flexibility index (Phi) is 2.43. The molecule has 0 saturated heterocycles. The van der Waals surface area contributed by atoms with Gasteiger partial charge in [-0.05, 0) is 18.2 Å². The smallest absolute Gasteiger partial charge is 0.162 e. The van der Waals surface area contributed by atoms with Crippen LogP contribution in [-0.4, -0.2) is 5.03 Å². The lowest BCUT2D eigenvalue weighted by molar-refractivity contribution is -0.445. The van der Waals surface area contributed by atoms with Gasteiger partial charge in [-0.25, -0.2) is 10.1 Å². The number of halogens is 1. The van der Waals surface area contributed by atoms with Crippen molar-refractivity contribution in [2.75, 3.05) is 5.43 Å². The number of rotatable bonds is 2. The second-order valence-corrected chi connectivity index (χ2v) is 2.79. The van der Waals surface area contributed by atoms with Gasteiger partial charge in [-0.2, -0.15) is 0 Å². The van der Waals surface area contributed by atoms with Crippen molar-refractivity contribution < 1.29 is 5.03 Å². The van der Waals surface area contributed by atoms with Crippen LogP contribution in [0.25, 0.3) is 0 Å². The zero-order valence-corrected chi connectivity index (χ0v) is 7.04. The van der Waals surface area contributed by atoms with Gasteiger partial charge in [0.05, 0.1) is 0 Å². The largest absolute Gasteiger partial charge is 0.235 e. The fraction of sp³-hybridized carbons (Fsp3) is 0. The van der Waals surface area contributed by atoms with Gasteiger partial charge in [0.25, 0.3) is 0 Å². The molecule has 0 radical (unpaired) electrons. The lowest BCUT2D eigenvalue weighted by Gasteiger charge is -1.95. The lowest BCUT2D eigenvalue weighted by Crippen LogP contribution is -2.07. The monoisotopic (exact) mass is 216 g/mol. The zero-order valence-electron chi connectivity index (χ0n) is 5.45. The Morgan fingerprint density at radius 3 is 2.82 bits per heavy atom. The maximum Gasteiger partial charge on any atom is 0.162 e. The molecule has 58 valence electrons. The molecule has 0 bridgehead atoms. The Morgan fingerprint density at radius 2 is 2.27 bits per heavy atom. The molecule has 0 unspecified atom stereocenters. The van der Waals surface area contributed by atoms with E-state index in [-0.39, 0.29) is 0 Å². The average Bonchev–Trinajstić information content (AvgIpc) is 1.85. The first-order chi connectivity index (χ1) is 5.18. The molecule has 4 nitrogen and oxygen atoms in total. The Labute approximate surface area is 71.5 Å². The quantitative estimate of drug-likeness (QED) is 0.609. The van der Waals surface area contributed by atoms with Gasteiger partial charge in [0.1, 0.15) is 5.69 Å². The van der Waals surface area contributed by atoms with Gasteiger partial charge in [-0.1, -0.05) is 22.0 Å². The normalized spacial score (nSPS) is 9.18. The van der Waals surface area contributed by atoms with Crippen LogP contribution in [0, 0.1) is 10.1 Å². The van der Waals surface area contributed by atoms with E-state index in [9.17, 15) is 10.1 Å². The number of hydrogen-bond donors (Lipinski definition) is 1. The van der Waals surface area contributed by atoms with Gasteiger partial charge in [0, 0.05) is 4.47 Å². The standard InChI is InChI=1S/C6H5BrN2O2/c7-5-2-1-3-6(4-5)8-9(10)11/h1-4,8H. The van der Waals surface area contributed by atoms with Crippen LogP contribution in [0.2, 0.25) is 0 Å².